The molecule has 1 rings (SSSR count). The molecule has 0 aliphatic heterocycles. The van der Waals surface area contributed by atoms with Crippen LogP contribution in [0.15, 0.2) is 9.72 Å². The Morgan fingerprint density at radius 2 is 2.47 bits per heavy atom. The Hall–Kier alpha value is -0.590. The molecule has 0 aromatic carbocycles. The molecule has 1 aromatic heterocycles. The maximum atomic E-state index is 10.4. The summed E-state index contributed by atoms with van der Waals surface area (Å²) in [6.45, 7) is 2.12. The molecule has 0 bridgehead atoms. The van der Waals surface area contributed by atoms with Gasteiger partial charge in [0.1, 0.15) is 4.34 Å². The van der Waals surface area contributed by atoms with Crippen LogP contribution >= 0.6 is 23.1 Å². The minimum atomic E-state index is -0.861. The quantitative estimate of drug-likeness (QED) is 0.745. The first-order valence-corrected chi connectivity index (χ1v) is 6.38. The number of aliphatic carboxylic acids is 1. The van der Waals surface area contributed by atoms with Crippen LogP contribution in [-0.4, -0.2) is 33.5 Å². The van der Waals surface area contributed by atoms with Gasteiger partial charge in [0.15, 0.2) is 0 Å². The molecule has 15 heavy (non-hydrogen) atoms. The smallest absolute Gasteiger partial charge is 0.309 e. The average molecular weight is 247 g/mol. The fourth-order valence-corrected chi connectivity index (χ4v) is 2.73. The van der Waals surface area contributed by atoms with Gasteiger partial charge in [0.2, 0.25) is 0 Å². The van der Waals surface area contributed by atoms with E-state index in [1.165, 1.54) is 11.3 Å². The molecular formula is C9H13NO3S2. The Kier molecular flexibility index (Phi) is 5.07. The summed E-state index contributed by atoms with van der Waals surface area (Å²) in [5.74, 6) is 0.179. The van der Waals surface area contributed by atoms with Gasteiger partial charge in [-0.2, -0.15) is 0 Å². The highest BCUT2D eigenvalue weighted by molar-refractivity contribution is 8.01. The van der Waals surface area contributed by atoms with Gasteiger partial charge in [-0.25, -0.2) is 4.98 Å². The highest BCUT2D eigenvalue weighted by atomic mass is 32.2. The van der Waals surface area contributed by atoms with Crippen LogP contribution in [0.3, 0.4) is 0 Å². The molecule has 6 heteroatoms. The van der Waals surface area contributed by atoms with Crippen LogP contribution < -0.4 is 0 Å². The van der Waals surface area contributed by atoms with Crippen molar-refractivity contribution in [2.24, 2.45) is 5.92 Å². The fourth-order valence-electron chi connectivity index (χ4n) is 0.857. The van der Waals surface area contributed by atoms with E-state index in [1.807, 2.05) is 6.92 Å². The third kappa shape index (κ3) is 4.63. The third-order valence-electron chi connectivity index (χ3n) is 1.67. The van der Waals surface area contributed by atoms with E-state index >= 15 is 0 Å². The number of carboxylic acid groups (broad SMARTS) is 1. The first kappa shape index (κ1) is 12.5. The maximum absolute atomic E-state index is 10.4. The van der Waals surface area contributed by atoms with Gasteiger partial charge in [-0.15, -0.1) is 11.3 Å². The van der Waals surface area contributed by atoms with Gasteiger partial charge in [-0.1, -0.05) is 18.7 Å². The summed E-state index contributed by atoms with van der Waals surface area (Å²) < 4.78 is 0.867. The van der Waals surface area contributed by atoms with Crippen molar-refractivity contribution in [3.8, 4) is 0 Å². The SMILES string of the molecule is CC(CO)CSc1nc(CC(=O)O)cs1. The molecule has 1 atom stereocenters. The molecule has 4 nitrogen and oxygen atoms in total. The van der Waals surface area contributed by atoms with Crippen LogP contribution in [0, 0.1) is 5.92 Å². The lowest BCUT2D eigenvalue weighted by molar-refractivity contribution is -0.136. The van der Waals surface area contributed by atoms with Gasteiger partial charge in [-0.3, -0.25) is 4.79 Å². The summed E-state index contributed by atoms with van der Waals surface area (Å²) in [5, 5.41) is 19.1. The van der Waals surface area contributed by atoms with Crippen LogP contribution in [0.5, 0.6) is 0 Å². The van der Waals surface area contributed by atoms with E-state index in [-0.39, 0.29) is 18.9 Å². The van der Waals surface area contributed by atoms with Crippen molar-refractivity contribution in [1.82, 2.24) is 4.98 Å². The largest absolute Gasteiger partial charge is 0.481 e. The zero-order valence-electron chi connectivity index (χ0n) is 8.34. The zero-order chi connectivity index (χ0) is 11.3. The molecule has 0 saturated heterocycles. The number of carboxylic acids is 1. The van der Waals surface area contributed by atoms with E-state index < -0.39 is 5.97 Å². The van der Waals surface area contributed by atoms with Crippen LogP contribution in [0.25, 0.3) is 0 Å². The highest BCUT2D eigenvalue weighted by Gasteiger charge is 2.08. The van der Waals surface area contributed by atoms with Gasteiger partial charge in [0.05, 0.1) is 12.1 Å². The zero-order valence-corrected chi connectivity index (χ0v) is 9.98. The molecule has 0 spiro atoms. The Balaban J connectivity index is 2.42. The van der Waals surface area contributed by atoms with Crippen LogP contribution in [0.4, 0.5) is 0 Å². The van der Waals surface area contributed by atoms with Crippen molar-refractivity contribution >= 4 is 29.1 Å². The van der Waals surface area contributed by atoms with E-state index in [1.54, 1.807) is 17.1 Å². The summed E-state index contributed by atoms with van der Waals surface area (Å²) in [5.41, 5.74) is 0.603. The fraction of sp³-hybridized carbons (Fsp3) is 0.556. The van der Waals surface area contributed by atoms with E-state index in [9.17, 15) is 4.79 Å². The number of hydrogen-bond acceptors (Lipinski definition) is 5. The van der Waals surface area contributed by atoms with Crippen molar-refractivity contribution in [2.45, 2.75) is 17.7 Å². The monoisotopic (exact) mass is 247 g/mol. The molecule has 0 radical (unpaired) electrons. The van der Waals surface area contributed by atoms with Crippen LogP contribution in [0.1, 0.15) is 12.6 Å². The lowest BCUT2D eigenvalue weighted by Crippen LogP contribution is -2.03. The molecule has 0 aliphatic rings. The lowest BCUT2D eigenvalue weighted by atomic mass is 10.2. The number of thiazole rings is 1. The van der Waals surface area contributed by atoms with Crippen molar-refractivity contribution in [1.29, 1.82) is 0 Å². The van der Waals surface area contributed by atoms with E-state index in [0.29, 0.717) is 5.69 Å². The Morgan fingerprint density at radius 1 is 1.73 bits per heavy atom. The average Bonchev–Trinajstić information content (AvgIpc) is 2.61. The molecular weight excluding hydrogens is 234 g/mol. The van der Waals surface area contributed by atoms with Gasteiger partial charge in [0, 0.05) is 17.7 Å². The van der Waals surface area contributed by atoms with Crippen molar-refractivity contribution < 1.29 is 15.0 Å². The summed E-state index contributed by atoms with van der Waals surface area (Å²) in [7, 11) is 0. The number of hydrogen-bond donors (Lipinski definition) is 2. The predicted octanol–water partition coefficient (Wildman–Crippen LogP) is 1.49. The minimum absolute atomic E-state index is 0.0212. The van der Waals surface area contributed by atoms with Crippen molar-refractivity contribution in [3.05, 3.63) is 11.1 Å². The summed E-state index contributed by atoms with van der Waals surface area (Å²) in [6.07, 6.45) is -0.0212. The third-order valence-corrected chi connectivity index (χ3v) is 4.07. The first-order chi connectivity index (χ1) is 7.11. The topological polar surface area (TPSA) is 70.4 Å². The second-order valence-electron chi connectivity index (χ2n) is 3.27. The highest BCUT2D eigenvalue weighted by Crippen LogP contribution is 2.24. The van der Waals surface area contributed by atoms with Gasteiger partial charge >= 0.3 is 5.97 Å². The van der Waals surface area contributed by atoms with Crippen molar-refractivity contribution in [3.63, 3.8) is 0 Å². The summed E-state index contributed by atoms with van der Waals surface area (Å²) in [6, 6.07) is 0. The normalized spacial score (nSPS) is 12.7. The number of nitrogens with zero attached hydrogens (tertiary/aromatic N) is 1. The molecule has 0 saturated carbocycles. The summed E-state index contributed by atoms with van der Waals surface area (Å²) in [4.78, 5) is 14.6. The van der Waals surface area contributed by atoms with Crippen LogP contribution in [0.2, 0.25) is 0 Å². The Bertz CT molecular complexity index is 327. The molecule has 2 N–H and O–H groups in total. The Labute approximate surface area is 96.4 Å². The predicted molar refractivity (Wildman–Crippen MR) is 60.4 cm³/mol. The number of thioether (sulfide) groups is 1. The number of aromatic nitrogens is 1. The van der Waals surface area contributed by atoms with Gasteiger partial charge in [-0.05, 0) is 5.92 Å². The van der Waals surface area contributed by atoms with Crippen molar-refractivity contribution in [2.75, 3.05) is 12.4 Å². The standard InChI is InChI=1S/C9H13NO3S2/c1-6(3-11)4-14-9-10-7(5-15-9)2-8(12)13/h5-6,11H,2-4H2,1H3,(H,12,13). The molecule has 84 valence electrons. The molecule has 1 heterocycles. The number of carbonyl (C=O) groups is 1. The second-order valence-corrected chi connectivity index (χ2v) is 5.40. The first-order valence-electron chi connectivity index (χ1n) is 4.51. The molecule has 0 amide bonds. The number of aliphatic hydroxyl groups excluding tert-OH is 1. The molecule has 1 aromatic rings. The van der Waals surface area contributed by atoms with Gasteiger partial charge < -0.3 is 10.2 Å². The minimum Gasteiger partial charge on any atom is -0.481 e. The Morgan fingerprint density at radius 3 is 3.07 bits per heavy atom. The number of rotatable bonds is 6. The molecule has 0 aliphatic carbocycles. The van der Waals surface area contributed by atoms with Crippen LogP contribution in [-0.2, 0) is 11.2 Å². The molecule has 1 unspecified atom stereocenters. The number of aliphatic hydroxyl groups is 1. The lowest BCUT2D eigenvalue weighted by Gasteiger charge is -2.03. The second kappa shape index (κ2) is 6.09. The van der Waals surface area contributed by atoms with E-state index in [0.717, 1.165) is 10.1 Å². The van der Waals surface area contributed by atoms with Gasteiger partial charge in [0.25, 0.3) is 0 Å². The summed E-state index contributed by atoms with van der Waals surface area (Å²) >= 11 is 3.01. The van der Waals surface area contributed by atoms with E-state index in [2.05, 4.69) is 4.98 Å². The van der Waals surface area contributed by atoms with E-state index in [4.69, 9.17) is 10.2 Å². The molecule has 0 fully saturated rings. The maximum Gasteiger partial charge on any atom is 0.309 e.